The number of ether oxygens (including phenoxy) is 1. The van der Waals surface area contributed by atoms with Gasteiger partial charge in [0.15, 0.2) is 0 Å². The first-order valence-corrected chi connectivity index (χ1v) is 12.7. The molecular weight excluding hydrogens is 456 g/mol. The highest BCUT2D eigenvalue weighted by Gasteiger charge is 2.47. The third kappa shape index (κ3) is 6.82. The minimum absolute atomic E-state index is 0.0743. The van der Waals surface area contributed by atoms with Gasteiger partial charge in [-0.3, -0.25) is 14.4 Å². The predicted molar refractivity (Wildman–Crippen MR) is 137 cm³/mol. The molecule has 2 amide bonds. The lowest BCUT2D eigenvalue weighted by Gasteiger charge is -2.27. The molecule has 2 fully saturated rings. The number of nitrogens with one attached hydrogen (secondary N) is 2. The maximum atomic E-state index is 12.5. The zero-order valence-electron chi connectivity index (χ0n) is 20.4. The number of rotatable bonds is 12. The second kappa shape index (κ2) is 12.5. The fourth-order valence-corrected chi connectivity index (χ4v) is 5.22. The molecule has 2 bridgehead atoms. The van der Waals surface area contributed by atoms with Gasteiger partial charge in [0, 0.05) is 24.4 Å². The highest BCUT2D eigenvalue weighted by Crippen LogP contribution is 2.44. The molecule has 0 aliphatic carbocycles. The standard InChI is InChI=1S/C29H34N2O5/c32-27(19-31-29(35)22-14-12-21(13-15-22)20-8-4-3-5-9-20)30-18-24-23(25-16-17-26(24)36-25)10-6-1-2-7-11-28(33)34/h1,3-6,8-9,12-15,23-26H,2,7,10-11,16-19H2,(H,30,32)(H,31,35)(H,33,34)/t23-,24+,25-,26+/m1/s1. The van der Waals surface area contributed by atoms with E-state index in [9.17, 15) is 14.4 Å². The van der Waals surface area contributed by atoms with Crippen molar-refractivity contribution in [2.24, 2.45) is 11.8 Å². The maximum absolute atomic E-state index is 12.5. The van der Waals surface area contributed by atoms with Gasteiger partial charge in [-0.05, 0) is 61.3 Å². The average Bonchev–Trinajstić information content (AvgIpc) is 3.50. The molecule has 7 nitrogen and oxygen atoms in total. The van der Waals surface area contributed by atoms with E-state index in [-0.39, 0.29) is 42.9 Å². The van der Waals surface area contributed by atoms with Gasteiger partial charge in [0.05, 0.1) is 18.8 Å². The first kappa shape index (κ1) is 25.6. The average molecular weight is 491 g/mol. The Kier molecular flexibility index (Phi) is 8.90. The van der Waals surface area contributed by atoms with Crippen LogP contribution in [0, 0.1) is 11.8 Å². The van der Waals surface area contributed by atoms with E-state index in [2.05, 4.69) is 16.7 Å². The number of unbranched alkanes of at least 4 members (excludes halogenated alkanes) is 1. The number of allylic oxidation sites excluding steroid dienone is 2. The molecule has 4 rings (SSSR count). The molecule has 2 heterocycles. The van der Waals surface area contributed by atoms with Crippen molar-refractivity contribution in [3.8, 4) is 11.1 Å². The summed E-state index contributed by atoms with van der Waals surface area (Å²) >= 11 is 0. The first-order chi connectivity index (χ1) is 17.5. The molecule has 0 aromatic heterocycles. The Hall–Kier alpha value is -3.45. The second-order valence-electron chi connectivity index (χ2n) is 9.54. The van der Waals surface area contributed by atoms with E-state index in [1.165, 1.54) is 0 Å². The molecule has 2 aliphatic rings. The lowest BCUT2D eigenvalue weighted by atomic mass is 9.77. The van der Waals surface area contributed by atoms with E-state index < -0.39 is 5.97 Å². The molecule has 2 aliphatic heterocycles. The van der Waals surface area contributed by atoms with Gasteiger partial charge in [-0.15, -0.1) is 0 Å². The molecule has 0 spiro atoms. The van der Waals surface area contributed by atoms with E-state index in [4.69, 9.17) is 9.84 Å². The molecule has 0 saturated carbocycles. The largest absolute Gasteiger partial charge is 0.481 e. The van der Waals surface area contributed by atoms with Gasteiger partial charge in [-0.25, -0.2) is 0 Å². The van der Waals surface area contributed by atoms with Crippen molar-refractivity contribution in [1.82, 2.24) is 10.6 Å². The first-order valence-electron chi connectivity index (χ1n) is 12.7. The number of carbonyl (C=O) groups excluding carboxylic acids is 2. The number of carboxylic acid groups (broad SMARTS) is 1. The summed E-state index contributed by atoms with van der Waals surface area (Å²) in [6.45, 7) is 0.453. The fourth-order valence-electron chi connectivity index (χ4n) is 5.22. The highest BCUT2D eigenvalue weighted by molar-refractivity contribution is 5.96. The normalized spacial score (nSPS) is 22.6. The minimum Gasteiger partial charge on any atom is -0.481 e. The van der Waals surface area contributed by atoms with Gasteiger partial charge in [-0.2, -0.15) is 0 Å². The second-order valence-corrected chi connectivity index (χ2v) is 9.54. The molecule has 190 valence electrons. The van der Waals surface area contributed by atoms with Crippen LogP contribution in [0.5, 0.6) is 0 Å². The van der Waals surface area contributed by atoms with Crippen LogP contribution >= 0.6 is 0 Å². The van der Waals surface area contributed by atoms with Crippen LogP contribution in [-0.2, 0) is 14.3 Å². The summed E-state index contributed by atoms with van der Waals surface area (Å²) in [5.74, 6) is -0.665. The van der Waals surface area contributed by atoms with Crippen molar-refractivity contribution in [3.63, 3.8) is 0 Å². The van der Waals surface area contributed by atoms with Gasteiger partial charge in [0.1, 0.15) is 0 Å². The molecule has 2 aromatic rings. The van der Waals surface area contributed by atoms with Crippen LogP contribution < -0.4 is 10.6 Å². The van der Waals surface area contributed by atoms with Crippen LogP contribution in [0.4, 0.5) is 0 Å². The summed E-state index contributed by atoms with van der Waals surface area (Å²) in [4.78, 5) is 35.6. The fraction of sp³-hybridized carbons (Fsp3) is 0.414. The SMILES string of the molecule is O=C(O)CCCC=CC[C@@H]1[C@H](CNC(=O)CNC(=O)c2ccc(-c3ccccc3)cc2)[C@@H]2CC[C@H]1O2. The van der Waals surface area contributed by atoms with Crippen LogP contribution in [0.2, 0.25) is 0 Å². The number of aliphatic carboxylic acids is 1. The van der Waals surface area contributed by atoms with Gasteiger partial charge in [0.25, 0.3) is 5.91 Å². The Labute approximate surface area is 211 Å². The molecule has 36 heavy (non-hydrogen) atoms. The third-order valence-corrected chi connectivity index (χ3v) is 7.13. The summed E-state index contributed by atoms with van der Waals surface area (Å²) in [6.07, 6.45) is 9.06. The summed E-state index contributed by atoms with van der Waals surface area (Å²) < 4.78 is 6.10. The van der Waals surface area contributed by atoms with Gasteiger partial charge < -0.3 is 20.5 Å². The molecule has 7 heteroatoms. The van der Waals surface area contributed by atoms with Crippen LogP contribution in [0.25, 0.3) is 11.1 Å². The Morgan fingerprint density at radius 3 is 2.31 bits per heavy atom. The third-order valence-electron chi connectivity index (χ3n) is 7.13. The Balaban J connectivity index is 1.20. The number of benzene rings is 2. The number of carbonyl (C=O) groups is 3. The summed E-state index contributed by atoms with van der Waals surface area (Å²) in [7, 11) is 0. The number of fused-ring (bicyclic) bond motifs is 2. The summed E-state index contributed by atoms with van der Waals surface area (Å²) in [5, 5.41) is 14.4. The molecular formula is C29H34N2O5. The minimum atomic E-state index is -0.766. The van der Waals surface area contributed by atoms with E-state index in [0.29, 0.717) is 24.4 Å². The summed E-state index contributed by atoms with van der Waals surface area (Å²) in [6, 6.07) is 17.3. The smallest absolute Gasteiger partial charge is 0.303 e. The van der Waals surface area contributed by atoms with Crippen LogP contribution in [0.15, 0.2) is 66.7 Å². The van der Waals surface area contributed by atoms with Crippen molar-refractivity contribution in [2.75, 3.05) is 13.1 Å². The van der Waals surface area contributed by atoms with Crippen molar-refractivity contribution < 1.29 is 24.2 Å². The van der Waals surface area contributed by atoms with E-state index in [0.717, 1.165) is 36.8 Å². The highest BCUT2D eigenvalue weighted by atomic mass is 16.5. The summed E-state index contributed by atoms with van der Waals surface area (Å²) in [5.41, 5.74) is 2.63. The number of amides is 2. The molecule has 0 unspecified atom stereocenters. The lowest BCUT2D eigenvalue weighted by molar-refractivity contribution is -0.137. The molecule has 0 radical (unpaired) electrons. The van der Waals surface area contributed by atoms with Gasteiger partial charge in [0.2, 0.25) is 5.91 Å². The van der Waals surface area contributed by atoms with Crippen molar-refractivity contribution in [3.05, 3.63) is 72.3 Å². The molecule has 2 saturated heterocycles. The molecule has 4 atom stereocenters. The monoisotopic (exact) mass is 490 g/mol. The predicted octanol–water partition coefficient (Wildman–Crippen LogP) is 4.19. The molecule has 2 aromatic carbocycles. The molecule has 3 N–H and O–H groups in total. The van der Waals surface area contributed by atoms with Crippen molar-refractivity contribution in [2.45, 2.75) is 50.7 Å². The maximum Gasteiger partial charge on any atom is 0.303 e. The van der Waals surface area contributed by atoms with Gasteiger partial charge >= 0.3 is 5.97 Å². The lowest BCUT2D eigenvalue weighted by Crippen LogP contribution is -2.42. The Morgan fingerprint density at radius 1 is 0.889 bits per heavy atom. The zero-order valence-corrected chi connectivity index (χ0v) is 20.4. The number of hydrogen-bond acceptors (Lipinski definition) is 4. The Morgan fingerprint density at radius 2 is 1.58 bits per heavy atom. The number of hydrogen-bond donors (Lipinski definition) is 3. The van der Waals surface area contributed by atoms with Gasteiger partial charge in [-0.1, -0.05) is 54.6 Å². The topological polar surface area (TPSA) is 105 Å². The number of carboxylic acids is 1. The van der Waals surface area contributed by atoms with E-state index in [1.807, 2.05) is 48.5 Å². The van der Waals surface area contributed by atoms with Crippen molar-refractivity contribution >= 4 is 17.8 Å². The van der Waals surface area contributed by atoms with E-state index in [1.54, 1.807) is 12.1 Å². The quantitative estimate of drug-likeness (QED) is 0.306. The van der Waals surface area contributed by atoms with E-state index >= 15 is 0 Å². The van der Waals surface area contributed by atoms with Crippen LogP contribution in [0.1, 0.15) is 48.9 Å². The van der Waals surface area contributed by atoms with Crippen LogP contribution in [0.3, 0.4) is 0 Å². The Bertz CT molecular complexity index is 1070. The zero-order chi connectivity index (χ0) is 25.3. The van der Waals surface area contributed by atoms with Crippen LogP contribution in [-0.4, -0.2) is 48.2 Å². The van der Waals surface area contributed by atoms with Crippen molar-refractivity contribution in [1.29, 1.82) is 0 Å².